The van der Waals surface area contributed by atoms with Gasteiger partial charge in [0.25, 0.3) is 5.91 Å². The van der Waals surface area contributed by atoms with Crippen LogP contribution in [0.3, 0.4) is 0 Å². The highest BCUT2D eigenvalue weighted by Crippen LogP contribution is 2.56. The number of carbonyl (C=O) groups is 2. The number of H-pyrrole nitrogens is 1. The van der Waals surface area contributed by atoms with Crippen LogP contribution in [0.5, 0.6) is 0 Å². The molecule has 1 saturated carbocycles. The predicted octanol–water partition coefficient (Wildman–Crippen LogP) is 6.61. The van der Waals surface area contributed by atoms with Crippen LogP contribution < -0.4 is 11.4 Å². The van der Waals surface area contributed by atoms with Crippen molar-refractivity contribution in [1.29, 1.82) is 0 Å². The van der Waals surface area contributed by atoms with E-state index in [1.54, 1.807) is 58.3 Å². The van der Waals surface area contributed by atoms with E-state index in [2.05, 4.69) is 41.2 Å². The van der Waals surface area contributed by atoms with E-state index >= 15 is 13.6 Å². The number of aromatic nitrogens is 9. The van der Waals surface area contributed by atoms with Crippen LogP contribution in [0.4, 0.5) is 8.78 Å². The molecule has 1 N–H and O–H groups in total. The SMILES string of the molecule is Cc1cc(-n2nc3c(c2-n2ccn(-c4ccc5c(cnn5C)c4F)c2=O)[C@H](C)N(C(=O)c2cc4cc([C@H]5CCOC(C)(C)C5)ccc4n2[C@@]2(c4noc(=O)[nH]4)C[C@@H]2C)CC32CN(C=O)C2)cc(C)c1F. The number of aromatic amines is 1. The average Bonchev–Trinajstić information content (AvgIpc) is 3.96. The van der Waals surface area contributed by atoms with E-state index in [1.807, 2.05) is 30.5 Å². The summed E-state index contributed by atoms with van der Waals surface area (Å²) in [5, 5.41) is 14.8. The van der Waals surface area contributed by atoms with Gasteiger partial charge in [-0.3, -0.25) is 32.9 Å². The Bertz CT molecular complexity index is 3620. The Labute approximate surface area is 398 Å². The van der Waals surface area contributed by atoms with Crippen molar-refractivity contribution in [3.05, 3.63) is 139 Å². The van der Waals surface area contributed by atoms with Crippen LogP contribution in [0.1, 0.15) is 103 Å². The van der Waals surface area contributed by atoms with Crippen molar-refractivity contribution in [2.24, 2.45) is 13.0 Å². The van der Waals surface area contributed by atoms with Gasteiger partial charge in [-0.1, -0.05) is 18.1 Å². The van der Waals surface area contributed by atoms with Gasteiger partial charge in [0.15, 0.2) is 11.6 Å². The number of hydrogen-bond acceptors (Lipinski definition) is 9. The summed E-state index contributed by atoms with van der Waals surface area (Å²) in [7, 11) is 1.71. The van der Waals surface area contributed by atoms with Crippen LogP contribution >= 0.6 is 0 Å². The molecule has 19 heteroatoms. The molecule has 3 aromatic carbocycles. The number of hydrogen-bond donors (Lipinski definition) is 1. The highest BCUT2D eigenvalue weighted by atomic mass is 19.1. The molecule has 0 radical (unpaired) electrons. The van der Waals surface area contributed by atoms with E-state index in [0.29, 0.717) is 58.1 Å². The second-order valence-electron chi connectivity index (χ2n) is 20.7. The lowest BCUT2D eigenvalue weighted by molar-refractivity contribution is -0.126. The Hall–Kier alpha value is -7.41. The van der Waals surface area contributed by atoms with Gasteiger partial charge in [-0.05, 0) is 125 Å². The van der Waals surface area contributed by atoms with Crippen molar-refractivity contribution < 1.29 is 27.6 Å². The Morgan fingerprint density at radius 2 is 1.66 bits per heavy atom. The van der Waals surface area contributed by atoms with E-state index in [4.69, 9.17) is 14.4 Å². The van der Waals surface area contributed by atoms with Crippen LogP contribution in [-0.2, 0) is 27.5 Å². The second kappa shape index (κ2) is 15.0. The average molecular weight is 952 g/mol. The van der Waals surface area contributed by atoms with Crippen molar-refractivity contribution in [1.82, 2.24) is 53.2 Å². The van der Waals surface area contributed by atoms with E-state index in [0.717, 1.165) is 35.7 Å². The number of nitrogens with one attached hydrogen (secondary N) is 1. The zero-order valence-electron chi connectivity index (χ0n) is 39.8. The number of fused-ring (bicyclic) bond motifs is 4. The zero-order valence-corrected chi connectivity index (χ0v) is 39.8. The van der Waals surface area contributed by atoms with Crippen LogP contribution in [0.2, 0.25) is 0 Å². The molecule has 5 aromatic heterocycles. The minimum atomic E-state index is -0.924. The molecule has 4 aliphatic rings. The molecule has 2 saturated heterocycles. The standard InChI is InChI=1S/C51H51F2N11O6/c1-27-16-34(17-28(2)41(27)52)64-44(61-14-13-60(48(61)68)38-11-10-37-35(42(38)53)22-54-58(37)7)40-30(4)62(25-50(43(40)56-64)23-59(24-50)26-65)45(66)39-19-33-18-31(32-12-15-69-49(5,6)21-32)8-9-36(33)63(39)51(20-29(51)3)46-55-47(67)70-57-46/h8-11,13-14,16-19,22,26,29-30,32H,12,15,20-21,23-25H2,1-7H3,(H,55,57,67)/t29-,30-,32-,51-/m0/s1. The highest BCUT2D eigenvalue weighted by molar-refractivity contribution is 6.00. The lowest BCUT2D eigenvalue weighted by Gasteiger charge is -2.53. The fraction of sp³-hybridized carbons (Fsp3) is 0.392. The number of imidazole rings is 1. The molecule has 2 amide bonds. The molecule has 0 unspecified atom stereocenters. The minimum absolute atomic E-state index is 0.00723. The van der Waals surface area contributed by atoms with Gasteiger partial charge in [-0.2, -0.15) is 10.2 Å². The maximum absolute atomic E-state index is 16.3. The summed E-state index contributed by atoms with van der Waals surface area (Å²) in [6.07, 6.45) is 7.45. The summed E-state index contributed by atoms with van der Waals surface area (Å²) in [6.45, 7) is 12.7. The zero-order chi connectivity index (χ0) is 48.9. The van der Waals surface area contributed by atoms with Gasteiger partial charge in [0, 0.05) is 62.1 Å². The number of halogens is 2. The molecule has 0 bridgehead atoms. The molecule has 70 heavy (non-hydrogen) atoms. The molecule has 360 valence electrons. The first kappa shape index (κ1) is 43.8. The topological polar surface area (TPSA) is 176 Å². The van der Waals surface area contributed by atoms with E-state index in [-0.39, 0.29) is 65.7 Å². The van der Waals surface area contributed by atoms with Gasteiger partial charge in [0.2, 0.25) is 6.41 Å². The highest BCUT2D eigenvalue weighted by Gasteiger charge is 2.60. The quantitative estimate of drug-likeness (QED) is 0.164. The van der Waals surface area contributed by atoms with E-state index in [9.17, 15) is 14.4 Å². The van der Waals surface area contributed by atoms with Gasteiger partial charge < -0.3 is 19.1 Å². The second-order valence-corrected chi connectivity index (χ2v) is 20.7. The number of rotatable bonds is 8. The Kier molecular flexibility index (Phi) is 9.42. The van der Waals surface area contributed by atoms with Gasteiger partial charge in [0.05, 0.1) is 51.2 Å². The summed E-state index contributed by atoms with van der Waals surface area (Å²) in [4.78, 5) is 62.2. The molecule has 1 spiro atoms. The Morgan fingerprint density at radius 3 is 2.34 bits per heavy atom. The van der Waals surface area contributed by atoms with Crippen molar-refractivity contribution in [3.8, 4) is 17.2 Å². The van der Waals surface area contributed by atoms with Crippen molar-refractivity contribution in [2.45, 2.75) is 89.3 Å². The molecular formula is C51H51F2N11O6. The van der Waals surface area contributed by atoms with E-state index < -0.39 is 34.3 Å². The third kappa shape index (κ3) is 6.25. The number of carbonyl (C=O) groups excluding carboxylic acids is 2. The summed E-state index contributed by atoms with van der Waals surface area (Å²) >= 11 is 0. The first-order valence-electron chi connectivity index (χ1n) is 23.6. The monoisotopic (exact) mass is 951 g/mol. The minimum Gasteiger partial charge on any atom is -0.376 e. The third-order valence-electron chi connectivity index (χ3n) is 15.7. The van der Waals surface area contributed by atoms with Crippen LogP contribution in [0.25, 0.3) is 39.0 Å². The largest absolute Gasteiger partial charge is 0.438 e. The van der Waals surface area contributed by atoms with Gasteiger partial charge in [0.1, 0.15) is 22.9 Å². The Morgan fingerprint density at radius 1 is 0.929 bits per heavy atom. The van der Waals surface area contributed by atoms with Crippen molar-refractivity contribution in [2.75, 3.05) is 26.2 Å². The maximum atomic E-state index is 16.3. The molecule has 4 atom stereocenters. The maximum Gasteiger partial charge on any atom is 0.438 e. The summed E-state index contributed by atoms with van der Waals surface area (Å²) in [6, 6.07) is 14.0. The van der Waals surface area contributed by atoms with E-state index in [1.165, 1.54) is 33.8 Å². The van der Waals surface area contributed by atoms with Gasteiger partial charge in [-0.25, -0.2) is 23.1 Å². The first-order valence-corrected chi connectivity index (χ1v) is 23.6. The fourth-order valence-electron chi connectivity index (χ4n) is 12.1. The molecule has 17 nitrogen and oxygen atoms in total. The summed E-state index contributed by atoms with van der Waals surface area (Å²) in [5.41, 5.74) is 2.38. The molecule has 8 heterocycles. The van der Waals surface area contributed by atoms with Crippen LogP contribution in [0.15, 0.2) is 81.2 Å². The fourth-order valence-corrected chi connectivity index (χ4v) is 12.1. The lowest BCUT2D eigenvalue weighted by Crippen LogP contribution is -2.66. The summed E-state index contributed by atoms with van der Waals surface area (Å²) in [5.74, 6) is -1.28. The molecule has 3 aliphatic heterocycles. The molecule has 8 aromatic rings. The molecule has 1 aliphatic carbocycles. The van der Waals surface area contributed by atoms with Gasteiger partial charge >= 0.3 is 11.4 Å². The smallest absolute Gasteiger partial charge is 0.376 e. The molecule has 3 fully saturated rings. The van der Waals surface area contributed by atoms with Crippen LogP contribution in [-0.4, -0.2) is 97.4 Å². The number of benzene rings is 3. The number of ether oxygens (including phenoxy) is 1. The third-order valence-corrected chi connectivity index (χ3v) is 15.7. The van der Waals surface area contributed by atoms with Crippen molar-refractivity contribution >= 4 is 34.1 Å². The normalized spacial score (nSPS) is 22.5. The molecular weight excluding hydrogens is 901 g/mol. The van der Waals surface area contributed by atoms with Crippen molar-refractivity contribution in [3.63, 3.8) is 0 Å². The lowest BCUT2D eigenvalue weighted by atomic mass is 9.71. The summed E-state index contributed by atoms with van der Waals surface area (Å²) < 4.78 is 50.6. The Balaban J connectivity index is 1.06. The van der Waals surface area contributed by atoms with Crippen LogP contribution in [0, 0.1) is 31.4 Å². The number of amides is 2. The van der Waals surface area contributed by atoms with Gasteiger partial charge in [-0.15, -0.1) is 0 Å². The number of likely N-dealkylation sites (tertiary alicyclic amines) is 1. The number of nitrogens with zero attached hydrogens (tertiary/aromatic N) is 10. The number of aryl methyl sites for hydroxylation is 3. The first-order chi connectivity index (χ1) is 33.4. The predicted molar refractivity (Wildman–Crippen MR) is 253 cm³/mol. The molecule has 12 rings (SSSR count).